The molecule has 1 aromatic heterocycles. The van der Waals surface area contributed by atoms with Crippen molar-refractivity contribution in [2.24, 2.45) is 0 Å². The highest BCUT2D eigenvalue weighted by atomic mass is 79.9. The van der Waals surface area contributed by atoms with Crippen LogP contribution in [0.2, 0.25) is 18.1 Å². The molecule has 8 heteroatoms. The molecule has 2 rings (SSSR count). The maximum atomic E-state index is 13.8. The summed E-state index contributed by atoms with van der Waals surface area (Å²) in [5.74, 6) is 0.892. The summed E-state index contributed by atoms with van der Waals surface area (Å²) in [5, 5.41) is 2.74. The molecule has 5 nitrogen and oxygen atoms in total. The maximum Gasteiger partial charge on any atom is 0.239 e. The molecule has 0 radical (unpaired) electrons. The Labute approximate surface area is 181 Å². The van der Waals surface area contributed by atoms with Crippen molar-refractivity contribution in [3.8, 4) is 11.5 Å². The molecule has 1 heterocycles. The Morgan fingerprint density at radius 1 is 1.28 bits per heavy atom. The number of amides is 1. The number of anilines is 1. The van der Waals surface area contributed by atoms with Crippen LogP contribution in [0, 0.1) is 5.82 Å². The van der Waals surface area contributed by atoms with E-state index in [1.807, 2.05) is 0 Å². The van der Waals surface area contributed by atoms with Gasteiger partial charge in [-0.05, 0) is 55.4 Å². The van der Waals surface area contributed by atoms with E-state index >= 15 is 0 Å². The quantitative estimate of drug-likeness (QED) is 0.373. The molecular formula is C21H28BrFN2O3Si. The molecule has 158 valence electrons. The Morgan fingerprint density at radius 2 is 1.97 bits per heavy atom. The Kier molecular flexibility index (Phi) is 7.59. The van der Waals surface area contributed by atoms with Gasteiger partial charge in [-0.2, -0.15) is 0 Å². The summed E-state index contributed by atoms with van der Waals surface area (Å²) < 4.78 is 26.0. The van der Waals surface area contributed by atoms with Crippen molar-refractivity contribution in [1.29, 1.82) is 0 Å². The van der Waals surface area contributed by atoms with E-state index < -0.39 is 8.32 Å². The summed E-state index contributed by atoms with van der Waals surface area (Å²) >= 11 is 3.21. The third-order valence-corrected chi connectivity index (χ3v) is 9.89. The van der Waals surface area contributed by atoms with E-state index in [9.17, 15) is 9.18 Å². The second kappa shape index (κ2) is 9.36. The molecular weight excluding hydrogens is 455 g/mol. The van der Waals surface area contributed by atoms with Crippen LogP contribution in [0.3, 0.4) is 0 Å². The fraction of sp³-hybridized carbons (Fsp3) is 0.429. The van der Waals surface area contributed by atoms with Gasteiger partial charge in [0.1, 0.15) is 23.1 Å². The number of ether oxygens (including phenoxy) is 1. The van der Waals surface area contributed by atoms with E-state index in [-0.39, 0.29) is 28.2 Å². The summed E-state index contributed by atoms with van der Waals surface area (Å²) in [6, 6.07) is 7.72. The second-order valence-electron chi connectivity index (χ2n) is 8.39. The minimum absolute atomic E-state index is 0.0537. The SMILES string of the molecule is C[C@@H](Br)C(=O)Nc1ccc(Oc2ccc(F)cc2CO[Si](C)(C)C(C)(C)C)cn1. The van der Waals surface area contributed by atoms with E-state index in [1.54, 1.807) is 25.1 Å². The molecule has 0 aliphatic carbocycles. The minimum atomic E-state index is -1.99. The normalized spacial score (nSPS) is 13.1. The number of nitrogens with zero attached hydrogens (tertiary/aromatic N) is 1. The van der Waals surface area contributed by atoms with Crippen LogP contribution in [-0.2, 0) is 15.8 Å². The maximum absolute atomic E-state index is 13.8. The molecule has 0 spiro atoms. The van der Waals surface area contributed by atoms with Crippen molar-refractivity contribution in [3.05, 3.63) is 47.9 Å². The lowest BCUT2D eigenvalue weighted by Crippen LogP contribution is -2.40. The predicted octanol–water partition coefficient (Wildman–Crippen LogP) is 6.26. The van der Waals surface area contributed by atoms with Crippen LogP contribution in [0.4, 0.5) is 10.2 Å². The van der Waals surface area contributed by atoms with E-state index in [0.29, 0.717) is 22.9 Å². The highest BCUT2D eigenvalue weighted by molar-refractivity contribution is 9.10. The topological polar surface area (TPSA) is 60.5 Å². The number of hydrogen-bond acceptors (Lipinski definition) is 4. The van der Waals surface area contributed by atoms with Crippen LogP contribution in [-0.4, -0.2) is 24.0 Å². The molecule has 1 aromatic carbocycles. The van der Waals surface area contributed by atoms with Crippen molar-refractivity contribution >= 4 is 36.0 Å². The Morgan fingerprint density at radius 3 is 2.52 bits per heavy atom. The largest absolute Gasteiger partial charge is 0.455 e. The number of benzene rings is 1. The van der Waals surface area contributed by atoms with E-state index in [2.05, 4.69) is 60.1 Å². The Bertz CT molecular complexity index is 852. The second-order valence-corrected chi connectivity index (χ2v) is 14.6. The van der Waals surface area contributed by atoms with E-state index in [0.717, 1.165) is 0 Å². The van der Waals surface area contributed by atoms with Crippen LogP contribution in [0.25, 0.3) is 0 Å². The smallest absolute Gasteiger partial charge is 0.239 e. The number of hydrogen-bond donors (Lipinski definition) is 1. The zero-order valence-corrected chi connectivity index (χ0v) is 20.3. The molecule has 0 saturated heterocycles. The standard InChI is InChI=1S/C21H28BrFN2O3Si/c1-14(22)20(26)25-19-10-8-17(12-24-19)28-18-9-7-16(23)11-15(18)13-27-29(5,6)21(2,3)4/h7-12,14H,13H2,1-6H3,(H,24,25,26)/t14-/m1/s1. The molecule has 2 aromatic rings. The molecule has 0 aliphatic heterocycles. The first-order chi connectivity index (χ1) is 13.4. The first-order valence-electron chi connectivity index (χ1n) is 9.40. The first-order valence-corrected chi connectivity index (χ1v) is 13.2. The monoisotopic (exact) mass is 482 g/mol. The molecule has 0 bridgehead atoms. The summed E-state index contributed by atoms with van der Waals surface area (Å²) in [7, 11) is -1.99. The van der Waals surface area contributed by atoms with Gasteiger partial charge < -0.3 is 14.5 Å². The van der Waals surface area contributed by atoms with Gasteiger partial charge in [-0.15, -0.1) is 0 Å². The molecule has 1 N–H and O–H groups in total. The zero-order chi connectivity index (χ0) is 21.8. The van der Waals surface area contributed by atoms with Gasteiger partial charge in [-0.3, -0.25) is 4.79 Å². The van der Waals surface area contributed by atoms with Crippen molar-refractivity contribution in [2.75, 3.05) is 5.32 Å². The zero-order valence-electron chi connectivity index (χ0n) is 17.7. The molecule has 29 heavy (non-hydrogen) atoms. The van der Waals surface area contributed by atoms with Gasteiger partial charge in [-0.1, -0.05) is 36.7 Å². The Balaban J connectivity index is 2.14. The highest BCUT2D eigenvalue weighted by Gasteiger charge is 2.37. The number of alkyl halides is 1. The lowest BCUT2D eigenvalue weighted by molar-refractivity contribution is -0.115. The van der Waals surface area contributed by atoms with Gasteiger partial charge in [0, 0.05) is 5.56 Å². The summed E-state index contributed by atoms with van der Waals surface area (Å²) in [5.41, 5.74) is 0.639. The molecule has 1 atom stereocenters. The minimum Gasteiger partial charge on any atom is -0.455 e. The molecule has 0 saturated carbocycles. The molecule has 0 fully saturated rings. The van der Waals surface area contributed by atoms with Crippen LogP contribution in [0.5, 0.6) is 11.5 Å². The van der Waals surface area contributed by atoms with Gasteiger partial charge in [0.25, 0.3) is 0 Å². The third-order valence-electron chi connectivity index (χ3n) is 4.99. The van der Waals surface area contributed by atoms with Crippen LogP contribution in [0.15, 0.2) is 36.5 Å². The van der Waals surface area contributed by atoms with Crippen molar-refractivity contribution < 1.29 is 18.3 Å². The number of halogens is 2. The van der Waals surface area contributed by atoms with Gasteiger partial charge in [0.15, 0.2) is 8.32 Å². The summed E-state index contributed by atoms with van der Waals surface area (Å²) in [6.45, 7) is 12.8. The Hall–Kier alpha value is -1.77. The average Bonchev–Trinajstić information content (AvgIpc) is 2.62. The van der Waals surface area contributed by atoms with Crippen molar-refractivity contribution in [1.82, 2.24) is 4.98 Å². The van der Waals surface area contributed by atoms with Gasteiger partial charge >= 0.3 is 0 Å². The first kappa shape index (κ1) is 23.5. The molecule has 0 unspecified atom stereocenters. The van der Waals surface area contributed by atoms with Gasteiger partial charge in [0.2, 0.25) is 5.91 Å². The van der Waals surface area contributed by atoms with Crippen LogP contribution in [0.1, 0.15) is 33.3 Å². The van der Waals surface area contributed by atoms with Gasteiger partial charge in [-0.25, -0.2) is 9.37 Å². The lowest BCUT2D eigenvalue weighted by atomic mass is 10.2. The third kappa shape index (κ3) is 6.62. The lowest BCUT2D eigenvalue weighted by Gasteiger charge is -2.36. The fourth-order valence-corrected chi connectivity index (χ4v) is 3.17. The van der Waals surface area contributed by atoms with Crippen LogP contribution >= 0.6 is 15.9 Å². The highest BCUT2D eigenvalue weighted by Crippen LogP contribution is 2.38. The predicted molar refractivity (Wildman–Crippen MR) is 120 cm³/mol. The number of carbonyl (C=O) groups excluding carboxylic acids is 1. The number of aromatic nitrogens is 1. The summed E-state index contributed by atoms with van der Waals surface area (Å²) in [4.78, 5) is 15.6. The number of pyridine rings is 1. The molecule has 0 aliphatic rings. The molecule has 1 amide bonds. The number of nitrogens with one attached hydrogen (secondary N) is 1. The van der Waals surface area contributed by atoms with Crippen molar-refractivity contribution in [3.63, 3.8) is 0 Å². The van der Waals surface area contributed by atoms with Gasteiger partial charge in [0.05, 0.1) is 17.6 Å². The van der Waals surface area contributed by atoms with Crippen molar-refractivity contribution in [2.45, 2.75) is 57.3 Å². The van der Waals surface area contributed by atoms with Crippen LogP contribution < -0.4 is 10.1 Å². The van der Waals surface area contributed by atoms with E-state index in [1.165, 1.54) is 18.3 Å². The van der Waals surface area contributed by atoms with E-state index in [4.69, 9.17) is 9.16 Å². The fourth-order valence-electron chi connectivity index (χ4n) is 2.10. The number of carbonyl (C=O) groups is 1. The average molecular weight is 483 g/mol. The summed E-state index contributed by atoms with van der Waals surface area (Å²) in [6.07, 6.45) is 1.51. The number of rotatable bonds is 7.